The van der Waals surface area contributed by atoms with Gasteiger partial charge in [0.2, 0.25) is 0 Å². The molecule has 2 aliphatic heterocycles. The van der Waals surface area contributed by atoms with Crippen LogP contribution in [-0.2, 0) is 9.47 Å². The van der Waals surface area contributed by atoms with Crippen molar-refractivity contribution in [1.29, 1.82) is 0 Å². The van der Waals surface area contributed by atoms with E-state index in [1.807, 2.05) is 0 Å². The maximum Gasteiger partial charge on any atom is 0.433 e. The van der Waals surface area contributed by atoms with E-state index >= 15 is 0 Å². The zero-order valence-electron chi connectivity index (χ0n) is 20.2. The number of fused-ring (bicyclic) bond motifs is 1. The molecule has 1 spiro atoms. The molecule has 6 nitrogen and oxygen atoms in total. The van der Waals surface area contributed by atoms with E-state index in [-0.39, 0.29) is 12.0 Å². The Labute approximate surface area is 193 Å². The molecule has 182 valence electrons. The third kappa shape index (κ3) is 6.53. The number of rotatable bonds is 10. The zero-order valence-corrected chi connectivity index (χ0v) is 20.2. The van der Waals surface area contributed by atoms with Crippen molar-refractivity contribution in [2.24, 2.45) is 16.3 Å². The molecule has 1 N–H and O–H groups in total. The van der Waals surface area contributed by atoms with Crippen molar-refractivity contribution >= 4 is 12.3 Å². The number of allylic oxidation sites excluding steroid dienone is 1. The summed E-state index contributed by atoms with van der Waals surface area (Å²) < 4.78 is 24.1. The molecule has 1 fully saturated rings. The largest absolute Gasteiger partial charge is 0.445 e. The van der Waals surface area contributed by atoms with E-state index < -0.39 is 12.3 Å². The average molecular weight is 452 g/mol. The highest BCUT2D eigenvalue weighted by molar-refractivity contribution is 5.79. The van der Waals surface area contributed by atoms with Crippen molar-refractivity contribution in [2.45, 2.75) is 83.8 Å². The van der Waals surface area contributed by atoms with Crippen LogP contribution in [-0.4, -0.2) is 69.4 Å². The average Bonchev–Trinajstić information content (AvgIpc) is 3.11. The van der Waals surface area contributed by atoms with Crippen LogP contribution in [0.5, 0.6) is 0 Å². The normalized spacial score (nSPS) is 25.1. The number of halogens is 1. The summed E-state index contributed by atoms with van der Waals surface area (Å²) in [6, 6.07) is 0.368. The van der Waals surface area contributed by atoms with Crippen molar-refractivity contribution in [1.82, 2.24) is 10.2 Å². The van der Waals surface area contributed by atoms with E-state index in [9.17, 15) is 9.18 Å². The molecule has 0 saturated carbocycles. The summed E-state index contributed by atoms with van der Waals surface area (Å²) in [5.74, 6) is 0.635. The number of carbonyl (C=O) groups is 1. The van der Waals surface area contributed by atoms with E-state index in [1.165, 1.54) is 24.1 Å². The van der Waals surface area contributed by atoms with E-state index in [4.69, 9.17) is 9.47 Å². The van der Waals surface area contributed by atoms with E-state index in [2.05, 4.69) is 29.1 Å². The first-order valence-electron chi connectivity index (χ1n) is 12.5. The SMILES string of the molecule is CCCC(C)CC(CC=NC(=O)OCCOC)N1CCC2(CC1)CNC1=C2CC(F)CC1. The molecular formula is C25H42FN3O3. The number of likely N-dealkylation sites (tertiary alicyclic amines) is 1. The lowest BCUT2D eigenvalue weighted by Gasteiger charge is -2.44. The standard InChI is InChI=1S/C25H42FN3O3/c1-4-5-19(2)16-21(8-11-27-24(30)32-15-14-31-3)29-12-9-25(10-13-29)18-28-23-7-6-20(26)17-22(23)25/h11,19-21,28H,4-10,12-18H2,1-3H3. The number of ether oxygens (including phenoxy) is 2. The fourth-order valence-electron chi connectivity index (χ4n) is 5.78. The summed E-state index contributed by atoms with van der Waals surface area (Å²) in [5, 5.41) is 3.61. The number of hydrogen-bond donors (Lipinski definition) is 1. The van der Waals surface area contributed by atoms with Crippen LogP contribution in [0.15, 0.2) is 16.3 Å². The van der Waals surface area contributed by atoms with Gasteiger partial charge in [0.15, 0.2) is 0 Å². The number of carbonyl (C=O) groups excluding carboxylic acids is 1. The highest BCUT2D eigenvalue weighted by Crippen LogP contribution is 2.48. The first-order valence-corrected chi connectivity index (χ1v) is 12.5. The minimum atomic E-state index is -0.675. The number of aliphatic imine (C=N–C) groups is 1. The lowest BCUT2D eigenvalue weighted by molar-refractivity contribution is 0.0863. The maximum atomic E-state index is 14.2. The highest BCUT2D eigenvalue weighted by atomic mass is 19.1. The molecule has 3 rings (SSSR count). The molecule has 32 heavy (non-hydrogen) atoms. The molecule has 3 atom stereocenters. The van der Waals surface area contributed by atoms with Gasteiger partial charge in [-0.1, -0.05) is 26.7 Å². The minimum absolute atomic E-state index is 0.148. The molecule has 0 aromatic carbocycles. The van der Waals surface area contributed by atoms with Crippen molar-refractivity contribution in [3.8, 4) is 0 Å². The topological polar surface area (TPSA) is 63.2 Å². The van der Waals surface area contributed by atoms with Crippen LogP contribution < -0.4 is 5.32 Å². The van der Waals surface area contributed by atoms with Crippen LogP contribution in [0.2, 0.25) is 0 Å². The van der Waals surface area contributed by atoms with Crippen LogP contribution >= 0.6 is 0 Å². The van der Waals surface area contributed by atoms with Gasteiger partial charge in [0.05, 0.1) is 6.61 Å². The molecule has 3 unspecified atom stereocenters. The number of amides is 1. The zero-order chi connectivity index (χ0) is 23.0. The molecule has 1 aliphatic carbocycles. The lowest BCUT2D eigenvalue weighted by atomic mass is 9.70. The van der Waals surface area contributed by atoms with Crippen LogP contribution in [0.3, 0.4) is 0 Å². The van der Waals surface area contributed by atoms with Gasteiger partial charge in [-0.2, -0.15) is 4.99 Å². The van der Waals surface area contributed by atoms with Crippen molar-refractivity contribution in [3.05, 3.63) is 11.3 Å². The van der Waals surface area contributed by atoms with Gasteiger partial charge in [0, 0.05) is 43.4 Å². The highest BCUT2D eigenvalue weighted by Gasteiger charge is 2.45. The Morgan fingerprint density at radius 3 is 2.88 bits per heavy atom. The molecule has 0 radical (unpaired) electrons. The van der Waals surface area contributed by atoms with Crippen LogP contribution in [0, 0.1) is 11.3 Å². The van der Waals surface area contributed by atoms with Crippen LogP contribution in [0.25, 0.3) is 0 Å². The molecule has 0 aromatic heterocycles. The summed E-state index contributed by atoms with van der Waals surface area (Å²) in [6.07, 6.45) is 9.08. The molecule has 2 heterocycles. The van der Waals surface area contributed by atoms with Crippen LogP contribution in [0.4, 0.5) is 9.18 Å². The second-order valence-electron chi connectivity index (χ2n) is 9.90. The molecule has 0 bridgehead atoms. The third-order valence-electron chi connectivity index (χ3n) is 7.59. The molecule has 1 amide bonds. The predicted molar refractivity (Wildman–Crippen MR) is 126 cm³/mol. The fourth-order valence-corrected chi connectivity index (χ4v) is 5.78. The Balaban J connectivity index is 1.58. The van der Waals surface area contributed by atoms with E-state index in [0.717, 1.165) is 51.7 Å². The number of methoxy groups -OCH3 is 1. The molecule has 3 aliphatic rings. The number of nitrogens with one attached hydrogen (secondary N) is 1. The number of hydrogen-bond acceptors (Lipinski definition) is 5. The summed E-state index contributed by atoms with van der Waals surface area (Å²) in [6.45, 7) is 8.17. The fraction of sp³-hybridized carbons (Fsp3) is 0.840. The first-order chi connectivity index (χ1) is 15.5. The number of alkyl halides is 1. The van der Waals surface area contributed by atoms with Gasteiger partial charge >= 0.3 is 6.09 Å². The monoisotopic (exact) mass is 451 g/mol. The Kier molecular flexibility index (Phi) is 9.53. The third-order valence-corrected chi connectivity index (χ3v) is 7.59. The molecular weight excluding hydrogens is 409 g/mol. The summed E-state index contributed by atoms with van der Waals surface area (Å²) in [4.78, 5) is 18.4. The molecule has 7 heteroatoms. The number of piperidine rings is 1. The van der Waals surface area contributed by atoms with Crippen molar-refractivity contribution in [2.75, 3.05) is 40.0 Å². The summed E-state index contributed by atoms with van der Waals surface area (Å²) in [7, 11) is 1.57. The number of nitrogens with zero attached hydrogens (tertiary/aromatic N) is 2. The minimum Gasteiger partial charge on any atom is -0.445 e. The maximum absolute atomic E-state index is 14.2. The van der Waals surface area contributed by atoms with E-state index in [1.54, 1.807) is 13.3 Å². The van der Waals surface area contributed by atoms with Gasteiger partial charge in [0.25, 0.3) is 0 Å². The van der Waals surface area contributed by atoms with E-state index in [0.29, 0.717) is 31.4 Å². The second-order valence-corrected chi connectivity index (χ2v) is 9.90. The smallest absolute Gasteiger partial charge is 0.433 e. The Morgan fingerprint density at radius 1 is 1.38 bits per heavy atom. The molecule has 1 saturated heterocycles. The summed E-state index contributed by atoms with van der Waals surface area (Å²) >= 11 is 0. The van der Waals surface area contributed by atoms with Crippen LogP contribution in [0.1, 0.15) is 71.6 Å². The van der Waals surface area contributed by atoms with Gasteiger partial charge in [-0.05, 0) is 63.1 Å². The van der Waals surface area contributed by atoms with Gasteiger partial charge in [0.1, 0.15) is 12.8 Å². The van der Waals surface area contributed by atoms with Crippen molar-refractivity contribution < 1.29 is 18.7 Å². The Hall–Kier alpha value is -1.47. The quantitative estimate of drug-likeness (QED) is 0.379. The predicted octanol–water partition coefficient (Wildman–Crippen LogP) is 4.89. The Morgan fingerprint density at radius 2 is 2.16 bits per heavy atom. The Bertz CT molecular complexity index is 673. The van der Waals surface area contributed by atoms with Gasteiger partial charge in [-0.15, -0.1) is 0 Å². The lowest BCUT2D eigenvalue weighted by Crippen LogP contribution is -2.47. The van der Waals surface area contributed by atoms with Gasteiger partial charge in [-0.3, -0.25) is 4.90 Å². The summed E-state index contributed by atoms with van der Waals surface area (Å²) in [5.41, 5.74) is 2.86. The first kappa shape index (κ1) is 25.2. The van der Waals surface area contributed by atoms with Gasteiger partial charge in [-0.25, -0.2) is 9.18 Å². The van der Waals surface area contributed by atoms with Crippen molar-refractivity contribution in [3.63, 3.8) is 0 Å². The molecule has 0 aromatic rings. The second kappa shape index (κ2) is 12.1. The van der Waals surface area contributed by atoms with Gasteiger partial charge < -0.3 is 14.8 Å².